The van der Waals surface area contributed by atoms with Crippen LogP contribution in [0.25, 0.3) is 22.3 Å². The minimum atomic E-state index is -2.22. The summed E-state index contributed by atoms with van der Waals surface area (Å²) in [6.45, 7) is 10.6. The highest BCUT2D eigenvalue weighted by atomic mass is 79.9. The summed E-state index contributed by atoms with van der Waals surface area (Å²) in [6.07, 6.45) is 0. The molecule has 0 atom stereocenters. The number of hydrogen-bond acceptors (Lipinski definition) is 5. The Balaban J connectivity index is 2.26. The van der Waals surface area contributed by atoms with Gasteiger partial charge in [0.15, 0.2) is 0 Å². The number of H-pyrrole nitrogens is 1. The van der Waals surface area contributed by atoms with Crippen LogP contribution in [-0.4, -0.2) is 31.4 Å². The van der Waals surface area contributed by atoms with Crippen molar-refractivity contribution < 1.29 is 18.3 Å². The van der Waals surface area contributed by atoms with Gasteiger partial charge in [0.1, 0.15) is 22.8 Å². The SMILES string of the molecule is COC(=O)c1cccc(-c2nc3c(O[Si](C)(C)C(C)(C)C)cc(Br)cc3[nH]c2=O)c1F. The predicted octanol–water partition coefficient (Wildman–Crippen LogP) is 5.66. The first-order chi connectivity index (χ1) is 14.4. The number of halogens is 2. The Labute approximate surface area is 189 Å². The molecule has 1 heterocycles. The van der Waals surface area contributed by atoms with E-state index < -0.39 is 25.7 Å². The van der Waals surface area contributed by atoms with Crippen LogP contribution in [0.3, 0.4) is 0 Å². The van der Waals surface area contributed by atoms with Gasteiger partial charge in [-0.15, -0.1) is 0 Å². The molecule has 0 aliphatic heterocycles. The lowest BCUT2D eigenvalue weighted by Gasteiger charge is -2.36. The summed E-state index contributed by atoms with van der Waals surface area (Å²) < 4.78 is 26.8. The first-order valence-corrected chi connectivity index (χ1v) is 13.4. The third kappa shape index (κ3) is 4.43. The Hall–Kier alpha value is -2.52. The average molecular weight is 507 g/mol. The van der Waals surface area contributed by atoms with E-state index in [1.807, 2.05) is 0 Å². The molecule has 0 unspecified atom stereocenters. The first kappa shape index (κ1) is 23.1. The summed E-state index contributed by atoms with van der Waals surface area (Å²) in [5.74, 6) is -1.20. The number of carbonyl (C=O) groups excluding carboxylic acids is 1. The van der Waals surface area contributed by atoms with Crippen LogP contribution in [0.15, 0.2) is 39.6 Å². The molecule has 0 aliphatic carbocycles. The Kier molecular flexibility index (Phi) is 6.12. The molecule has 9 heteroatoms. The number of aromatic amines is 1. The quantitative estimate of drug-likeness (QED) is 0.364. The molecule has 3 aromatic rings. The van der Waals surface area contributed by atoms with E-state index in [0.717, 1.165) is 11.6 Å². The minimum absolute atomic E-state index is 0.0619. The molecule has 0 saturated heterocycles. The van der Waals surface area contributed by atoms with Gasteiger partial charge in [0.25, 0.3) is 13.9 Å². The van der Waals surface area contributed by atoms with E-state index in [-0.39, 0.29) is 21.9 Å². The van der Waals surface area contributed by atoms with Gasteiger partial charge >= 0.3 is 5.97 Å². The van der Waals surface area contributed by atoms with Crippen molar-refractivity contribution in [3.05, 3.63) is 56.5 Å². The summed E-state index contributed by atoms with van der Waals surface area (Å²) in [4.78, 5) is 31.9. The number of hydrogen-bond donors (Lipinski definition) is 1. The van der Waals surface area contributed by atoms with Crippen molar-refractivity contribution in [3.63, 3.8) is 0 Å². The number of carbonyl (C=O) groups is 1. The van der Waals surface area contributed by atoms with E-state index in [9.17, 15) is 9.59 Å². The highest BCUT2D eigenvalue weighted by molar-refractivity contribution is 9.10. The molecule has 0 spiro atoms. The second-order valence-corrected chi connectivity index (χ2v) is 14.4. The zero-order valence-electron chi connectivity index (χ0n) is 18.2. The number of aromatic nitrogens is 2. The lowest BCUT2D eigenvalue weighted by molar-refractivity contribution is 0.0595. The van der Waals surface area contributed by atoms with Gasteiger partial charge in [0.05, 0.1) is 18.2 Å². The molecule has 3 rings (SSSR count). The van der Waals surface area contributed by atoms with Crippen LogP contribution < -0.4 is 9.99 Å². The Morgan fingerprint density at radius 2 is 1.90 bits per heavy atom. The lowest BCUT2D eigenvalue weighted by Crippen LogP contribution is -2.44. The standard InChI is InChI=1S/C22H24BrFN2O4Si/c1-22(2,3)31(5,6)30-16-11-12(23)10-15-19(16)26-18(20(27)25-15)13-8-7-9-14(17(13)24)21(28)29-4/h7-11H,1-6H3,(H,25,27). The van der Waals surface area contributed by atoms with Crippen LogP contribution >= 0.6 is 15.9 Å². The molecule has 1 aromatic heterocycles. The van der Waals surface area contributed by atoms with E-state index in [4.69, 9.17) is 4.43 Å². The molecule has 2 aromatic carbocycles. The van der Waals surface area contributed by atoms with Crippen LogP contribution in [0.4, 0.5) is 4.39 Å². The van der Waals surface area contributed by atoms with Crippen molar-refractivity contribution >= 4 is 41.3 Å². The molecule has 0 saturated carbocycles. The van der Waals surface area contributed by atoms with Crippen molar-refractivity contribution in [3.8, 4) is 17.0 Å². The van der Waals surface area contributed by atoms with E-state index in [0.29, 0.717) is 16.8 Å². The maximum Gasteiger partial charge on any atom is 0.340 e. The van der Waals surface area contributed by atoms with Crippen LogP contribution in [0.1, 0.15) is 31.1 Å². The number of fused-ring (bicyclic) bond motifs is 1. The fraction of sp³-hybridized carbons (Fsp3) is 0.318. The summed E-state index contributed by atoms with van der Waals surface area (Å²) in [6, 6.07) is 7.68. The molecule has 31 heavy (non-hydrogen) atoms. The second kappa shape index (κ2) is 8.20. The van der Waals surface area contributed by atoms with Crippen LogP contribution in [0.2, 0.25) is 18.1 Å². The molecule has 0 aliphatic rings. The fourth-order valence-corrected chi connectivity index (χ4v) is 4.25. The smallest absolute Gasteiger partial charge is 0.340 e. The van der Waals surface area contributed by atoms with Gasteiger partial charge in [-0.2, -0.15) is 0 Å². The number of nitrogens with zero attached hydrogens (tertiary/aromatic N) is 1. The van der Waals surface area contributed by atoms with Gasteiger partial charge in [-0.3, -0.25) is 4.79 Å². The normalized spacial score (nSPS) is 12.1. The van der Waals surface area contributed by atoms with Crippen molar-refractivity contribution in [2.45, 2.75) is 38.9 Å². The van der Waals surface area contributed by atoms with Crippen molar-refractivity contribution in [1.82, 2.24) is 9.97 Å². The van der Waals surface area contributed by atoms with Gasteiger partial charge in [0.2, 0.25) is 0 Å². The topological polar surface area (TPSA) is 81.3 Å². The van der Waals surface area contributed by atoms with Crippen LogP contribution in [0.5, 0.6) is 5.75 Å². The van der Waals surface area contributed by atoms with E-state index >= 15 is 4.39 Å². The number of benzene rings is 2. The van der Waals surface area contributed by atoms with Crippen molar-refractivity contribution in [2.75, 3.05) is 7.11 Å². The summed E-state index contributed by atoms with van der Waals surface area (Å²) in [7, 11) is -1.06. The zero-order valence-corrected chi connectivity index (χ0v) is 20.8. The van der Waals surface area contributed by atoms with E-state index in [2.05, 4.69) is 64.5 Å². The maximum absolute atomic E-state index is 15.0. The predicted molar refractivity (Wildman–Crippen MR) is 125 cm³/mol. The van der Waals surface area contributed by atoms with Gasteiger partial charge in [0, 0.05) is 10.0 Å². The molecular weight excluding hydrogens is 483 g/mol. The van der Waals surface area contributed by atoms with Gasteiger partial charge in [-0.05, 0) is 42.4 Å². The van der Waals surface area contributed by atoms with Gasteiger partial charge in [-0.1, -0.05) is 42.8 Å². The highest BCUT2D eigenvalue weighted by Crippen LogP contribution is 2.39. The van der Waals surface area contributed by atoms with E-state index in [1.54, 1.807) is 12.1 Å². The second-order valence-electron chi connectivity index (χ2n) is 8.74. The third-order valence-electron chi connectivity index (χ3n) is 5.56. The molecule has 164 valence electrons. The maximum atomic E-state index is 15.0. The number of rotatable bonds is 4. The largest absolute Gasteiger partial charge is 0.542 e. The Morgan fingerprint density at radius 1 is 1.23 bits per heavy atom. The van der Waals surface area contributed by atoms with Gasteiger partial charge in [-0.25, -0.2) is 14.2 Å². The molecule has 0 bridgehead atoms. The van der Waals surface area contributed by atoms with Crippen molar-refractivity contribution in [1.29, 1.82) is 0 Å². The molecule has 6 nitrogen and oxygen atoms in total. The van der Waals surface area contributed by atoms with Crippen molar-refractivity contribution in [2.24, 2.45) is 0 Å². The highest BCUT2D eigenvalue weighted by Gasteiger charge is 2.39. The fourth-order valence-electron chi connectivity index (χ4n) is 2.80. The first-order valence-electron chi connectivity index (χ1n) is 9.65. The lowest BCUT2D eigenvalue weighted by atomic mass is 10.1. The molecule has 1 N–H and O–H groups in total. The van der Waals surface area contributed by atoms with E-state index in [1.165, 1.54) is 18.2 Å². The summed E-state index contributed by atoms with van der Waals surface area (Å²) in [5, 5.41) is -0.0619. The number of ether oxygens (including phenoxy) is 1. The number of nitrogens with one attached hydrogen (secondary N) is 1. The van der Waals surface area contributed by atoms with Crippen LogP contribution in [-0.2, 0) is 4.74 Å². The van der Waals surface area contributed by atoms with Gasteiger partial charge < -0.3 is 14.1 Å². The average Bonchev–Trinajstić information content (AvgIpc) is 2.66. The Bertz CT molecular complexity index is 1230. The summed E-state index contributed by atoms with van der Waals surface area (Å²) >= 11 is 3.45. The van der Waals surface area contributed by atoms with Crippen LogP contribution in [0, 0.1) is 5.82 Å². The zero-order chi connectivity index (χ0) is 23.1. The molecule has 0 fully saturated rings. The molecular formula is C22H24BrFN2O4Si. The minimum Gasteiger partial charge on any atom is -0.542 e. The molecule has 0 amide bonds. The summed E-state index contributed by atoms with van der Waals surface area (Å²) in [5.41, 5.74) is -0.211. The number of esters is 1. The Morgan fingerprint density at radius 3 is 2.52 bits per heavy atom. The third-order valence-corrected chi connectivity index (χ3v) is 10.4. The monoisotopic (exact) mass is 506 g/mol. The number of methoxy groups -OCH3 is 1. The molecule has 0 radical (unpaired) electrons.